The molecule has 1 unspecified atom stereocenters. The van der Waals surface area contributed by atoms with Crippen molar-refractivity contribution in [2.45, 2.75) is 13.0 Å². The van der Waals surface area contributed by atoms with Crippen LogP contribution in [0.25, 0.3) is 22.8 Å². The van der Waals surface area contributed by atoms with Crippen LogP contribution in [0.2, 0.25) is 0 Å². The first-order valence-corrected chi connectivity index (χ1v) is 9.71. The lowest BCUT2D eigenvalue weighted by atomic mass is 10.0. The summed E-state index contributed by atoms with van der Waals surface area (Å²) in [6.07, 6.45) is 1.67. The van der Waals surface area contributed by atoms with E-state index in [-0.39, 0.29) is 11.9 Å². The average Bonchev–Trinajstić information content (AvgIpc) is 3.30. The predicted octanol–water partition coefficient (Wildman–Crippen LogP) is 5.51. The quantitative estimate of drug-likeness (QED) is 0.465. The third-order valence-electron chi connectivity index (χ3n) is 4.93. The monoisotopic (exact) mass is 398 g/mol. The minimum atomic E-state index is -0.175. The lowest BCUT2D eigenvalue weighted by Crippen LogP contribution is -2.27. The smallest absolute Gasteiger partial charge is 0.252 e. The zero-order valence-electron chi connectivity index (χ0n) is 16.8. The maximum Gasteiger partial charge on any atom is 0.252 e. The Morgan fingerprint density at radius 2 is 1.67 bits per heavy atom. The highest BCUT2D eigenvalue weighted by Gasteiger charge is 2.18. The SMILES string of the molecule is COc1ccc(-c2cnc(-c3ccccc3C(=O)NC(C)c3ccccc3)o2)cc1. The molecule has 0 saturated carbocycles. The van der Waals surface area contributed by atoms with Gasteiger partial charge < -0.3 is 14.5 Å². The summed E-state index contributed by atoms with van der Waals surface area (Å²) in [5.74, 6) is 1.62. The molecular formula is C25H22N2O3. The van der Waals surface area contributed by atoms with Gasteiger partial charge in [-0.25, -0.2) is 4.98 Å². The Labute approximate surface area is 175 Å². The third kappa shape index (κ3) is 4.10. The minimum Gasteiger partial charge on any atom is -0.497 e. The first-order chi connectivity index (χ1) is 14.7. The molecule has 0 aliphatic heterocycles. The van der Waals surface area contributed by atoms with Crippen molar-refractivity contribution in [3.63, 3.8) is 0 Å². The summed E-state index contributed by atoms with van der Waals surface area (Å²) in [7, 11) is 1.63. The summed E-state index contributed by atoms with van der Waals surface area (Å²) < 4.78 is 11.2. The molecule has 0 bridgehead atoms. The highest BCUT2D eigenvalue weighted by Crippen LogP contribution is 2.29. The van der Waals surface area contributed by atoms with Crippen molar-refractivity contribution in [3.8, 4) is 28.5 Å². The Balaban J connectivity index is 1.59. The van der Waals surface area contributed by atoms with E-state index >= 15 is 0 Å². The van der Waals surface area contributed by atoms with Crippen molar-refractivity contribution in [2.75, 3.05) is 7.11 Å². The van der Waals surface area contributed by atoms with E-state index < -0.39 is 0 Å². The predicted molar refractivity (Wildman–Crippen MR) is 116 cm³/mol. The Hall–Kier alpha value is -3.86. The van der Waals surface area contributed by atoms with Crippen LogP contribution in [-0.2, 0) is 0 Å². The number of carbonyl (C=O) groups excluding carboxylic acids is 1. The average molecular weight is 398 g/mol. The number of oxazole rings is 1. The summed E-state index contributed by atoms with van der Waals surface area (Å²) in [6, 6.07) is 24.6. The van der Waals surface area contributed by atoms with Gasteiger partial charge in [0.15, 0.2) is 5.76 Å². The third-order valence-corrected chi connectivity index (χ3v) is 4.93. The number of rotatable bonds is 6. The van der Waals surface area contributed by atoms with Crippen LogP contribution in [0.1, 0.15) is 28.9 Å². The Kier molecular flexibility index (Phi) is 5.61. The number of nitrogens with one attached hydrogen (secondary N) is 1. The molecule has 0 fully saturated rings. The van der Waals surface area contributed by atoms with Gasteiger partial charge in [-0.3, -0.25) is 4.79 Å². The number of ether oxygens (including phenoxy) is 1. The lowest BCUT2D eigenvalue weighted by Gasteiger charge is -2.15. The minimum absolute atomic E-state index is 0.119. The van der Waals surface area contributed by atoms with E-state index in [0.717, 1.165) is 16.9 Å². The number of hydrogen-bond acceptors (Lipinski definition) is 4. The molecule has 4 aromatic rings. The maximum absolute atomic E-state index is 13.0. The van der Waals surface area contributed by atoms with Gasteiger partial charge in [-0.1, -0.05) is 42.5 Å². The van der Waals surface area contributed by atoms with Crippen molar-refractivity contribution in [2.24, 2.45) is 0 Å². The molecule has 1 N–H and O–H groups in total. The van der Waals surface area contributed by atoms with Gasteiger partial charge in [0, 0.05) is 11.1 Å². The molecule has 4 rings (SSSR count). The number of amides is 1. The van der Waals surface area contributed by atoms with E-state index in [1.54, 1.807) is 19.4 Å². The highest BCUT2D eigenvalue weighted by molar-refractivity contribution is 6.00. The first-order valence-electron chi connectivity index (χ1n) is 9.71. The summed E-state index contributed by atoms with van der Waals surface area (Å²) in [5.41, 5.74) is 3.09. The molecule has 1 heterocycles. The summed E-state index contributed by atoms with van der Waals surface area (Å²) in [4.78, 5) is 17.4. The van der Waals surface area contributed by atoms with Crippen LogP contribution in [0.5, 0.6) is 5.75 Å². The van der Waals surface area contributed by atoms with Crippen LogP contribution in [0, 0.1) is 0 Å². The fourth-order valence-electron chi connectivity index (χ4n) is 3.25. The van der Waals surface area contributed by atoms with Crippen LogP contribution < -0.4 is 10.1 Å². The van der Waals surface area contributed by atoms with Gasteiger partial charge in [-0.15, -0.1) is 0 Å². The van der Waals surface area contributed by atoms with Crippen molar-refractivity contribution in [3.05, 3.63) is 96.2 Å². The number of benzene rings is 3. The van der Waals surface area contributed by atoms with E-state index in [1.165, 1.54) is 0 Å². The van der Waals surface area contributed by atoms with Gasteiger partial charge in [0.1, 0.15) is 5.75 Å². The van der Waals surface area contributed by atoms with Gasteiger partial charge in [-0.2, -0.15) is 0 Å². The van der Waals surface area contributed by atoms with Crippen LogP contribution >= 0.6 is 0 Å². The number of carbonyl (C=O) groups is 1. The van der Waals surface area contributed by atoms with Crippen molar-refractivity contribution >= 4 is 5.91 Å². The largest absolute Gasteiger partial charge is 0.497 e. The zero-order valence-corrected chi connectivity index (χ0v) is 16.8. The normalized spacial score (nSPS) is 11.7. The molecule has 5 heteroatoms. The fraction of sp³-hybridized carbons (Fsp3) is 0.120. The van der Waals surface area contributed by atoms with Crippen LogP contribution in [-0.4, -0.2) is 18.0 Å². The van der Waals surface area contributed by atoms with E-state index in [4.69, 9.17) is 9.15 Å². The lowest BCUT2D eigenvalue weighted by molar-refractivity contribution is 0.0940. The second-order valence-electron chi connectivity index (χ2n) is 6.91. The molecule has 0 aliphatic carbocycles. The number of nitrogens with zero attached hydrogens (tertiary/aromatic N) is 1. The molecular weight excluding hydrogens is 376 g/mol. The molecule has 5 nitrogen and oxygen atoms in total. The van der Waals surface area contributed by atoms with Crippen molar-refractivity contribution in [1.29, 1.82) is 0 Å². The Bertz CT molecular complexity index is 1130. The molecule has 30 heavy (non-hydrogen) atoms. The van der Waals surface area contributed by atoms with E-state index in [9.17, 15) is 4.79 Å². The van der Waals surface area contributed by atoms with E-state index in [0.29, 0.717) is 22.8 Å². The van der Waals surface area contributed by atoms with Crippen LogP contribution in [0.4, 0.5) is 0 Å². The van der Waals surface area contributed by atoms with E-state index in [2.05, 4.69) is 10.3 Å². The fourth-order valence-corrected chi connectivity index (χ4v) is 3.25. The zero-order chi connectivity index (χ0) is 20.9. The molecule has 0 aliphatic rings. The Morgan fingerprint density at radius 1 is 0.967 bits per heavy atom. The summed E-state index contributed by atoms with van der Waals surface area (Å²) in [6.45, 7) is 1.96. The topological polar surface area (TPSA) is 64.4 Å². The molecule has 1 atom stereocenters. The second kappa shape index (κ2) is 8.66. The van der Waals surface area contributed by atoms with Gasteiger partial charge in [-0.05, 0) is 48.9 Å². The van der Waals surface area contributed by atoms with Crippen molar-refractivity contribution in [1.82, 2.24) is 10.3 Å². The van der Waals surface area contributed by atoms with Crippen LogP contribution in [0.15, 0.2) is 89.5 Å². The van der Waals surface area contributed by atoms with Crippen molar-refractivity contribution < 1.29 is 13.9 Å². The van der Waals surface area contributed by atoms with Gasteiger partial charge >= 0.3 is 0 Å². The van der Waals surface area contributed by atoms with E-state index in [1.807, 2.05) is 79.7 Å². The highest BCUT2D eigenvalue weighted by atomic mass is 16.5. The molecule has 0 spiro atoms. The standard InChI is InChI=1S/C25H22N2O3/c1-17(18-8-4-3-5-9-18)27-24(28)21-10-6-7-11-22(21)25-26-16-23(30-25)19-12-14-20(29-2)15-13-19/h3-17H,1-2H3,(H,27,28). The summed E-state index contributed by atoms with van der Waals surface area (Å²) >= 11 is 0. The Morgan fingerprint density at radius 3 is 2.40 bits per heavy atom. The molecule has 150 valence electrons. The molecule has 1 amide bonds. The maximum atomic E-state index is 13.0. The van der Waals surface area contributed by atoms with Gasteiger partial charge in [0.05, 0.1) is 24.9 Å². The first kappa shape index (κ1) is 19.5. The second-order valence-corrected chi connectivity index (χ2v) is 6.91. The molecule has 0 radical (unpaired) electrons. The molecule has 3 aromatic carbocycles. The van der Waals surface area contributed by atoms with Crippen LogP contribution in [0.3, 0.4) is 0 Å². The molecule has 0 saturated heterocycles. The van der Waals surface area contributed by atoms with Gasteiger partial charge in [0.2, 0.25) is 5.89 Å². The summed E-state index contributed by atoms with van der Waals surface area (Å²) in [5, 5.41) is 3.05. The number of methoxy groups -OCH3 is 1. The number of aromatic nitrogens is 1. The molecule has 1 aromatic heterocycles. The van der Waals surface area contributed by atoms with Gasteiger partial charge in [0.25, 0.3) is 5.91 Å². The number of hydrogen-bond donors (Lipinski definition) is 1.